The molecule has 2 aliphatic rings. The van der Waals surface area contributed by atoms with Crippen molar-refractivity contribution in [3.63, 3.8) is 0 Å². The molecule has 0 saturated carbocycles. The minimum atomic E-state index is -0.372. The molecule has 0 aromatic rings. The summed E-state index contributed by atoms with van der Waals surface area (Å²) in [6.07, 6.45) is 0. The molecule has 0 unspecified atom stereocenters. The maximum atomic E-state index is 5.67. The van der Waals surface area contributed by atoms with Crippen LogP contribution in [-0.2, 0) is 9.47 Å². The highest BCUT2D eigenvalue weighted by atomic mass is 16.6. The predicted octanol–water partition coefficient (Wildman–Crippen LogP) is -0.342. The fraction of sp³-hybridized carbons (Fsp3) is 1.00. The van der Waals surface area contributed by atoms with Crippen molar-refractivity contribution in [2.75, 3.05) is 26.3 Å². The molecule has 0 radical (unpaired) electrons. The zero-order valence-electron chi connectivity index (χ0n) is 7.64. The van der Waals surface area contributed by atoms with Crippen molar-refractivity contribution in [3.8, 4) is 0 Å². The molecule has 0 aromatic heterocycles. The maximum absolute atomic E-state index is 5.67. The molecule has 12 heavy (non-hydrogen) atoms. The Labute approximate surface area is 72.6 Å². The van der Waals surface area contributed by atoms with Crippen LogP contribution in [0.25, 0.3) is 0 Å². The highest BCUT2D eigenvalue weighted by Gasteiger charge is 2.50. The number of ether oxygens (including phenoxy) is 2. The van der Waals surface area contributed by atoms with Gasteiger partial charge in [-0.2, -0.15) is 0 Å². The van der Waals surface area contributed by atoms with Crippen LogP contribution in [0.4, 0.5) is 0 Å². The fourth-order valence-electron chi connectivity index (χ4n) is 1.80. The Bertz CT molecular complexity index is 152. The van der Waals surface area contributed by atoms with Gasteiger partial charge in [-0.05, 0) is 13.8 Å². The van der Waals surface area contributed by atoms with Crippen LogP contribution in [0.1, 0.15) is 13.8 Å². The van der Waals surface area contributed by atoms with Crippen LogP contribution in [0, 0.1) is 0 Å². The van der Waals surface area contributed by atoms with Crippen molar-refractivity contribution >= 4 is 0 Å². The number of hydrogen-bond acceptors (Lipinski definition) is 4. The molecule has 2 heterocycles. The first-order valence-electron chi connectivity index (χ1n) is 4.44. The standard InChI is InChI=1S/C8H16N2O2/c1-7-8(2,10-4-5-11-7)12-6-3-9-7/h9-10H,3-6H2,1-2H3/t7-,8-/m1/s1. The minimum Gasteiger partial charge on any atom is -0.355 e. The molecule has 70 valence electrons. The predicted molar refractivity (Wildman–Crippen MR) is 44.7 cm³/mol. The van der Waals surface area contributed by atoms with Gasteiger partial charge in [-0.15, -0.1) is 0 Å². The Kier molecular flexibility index (Phi) is 1.88. The molecule has 2 atom stereocenters. The maximum Gasteiger partial charge on any atom is 0.159 e. The van der Waals surface area contributed by atoms with Gasteiger partial charge in [-0.3, -0.25) is 10.6 Å². The molecule has 2 aliphatic heterocycles. The molecule has 2 rings (SSSR count). The van der Waals surface area contributed by atoms with Gasteiger partial charge in [0.1, 0.15) is 0 Å². The van der Waals surface area contributed by atoms with Gasteiger partial charge in [0.25, 0.3) is 0 Å². The summed E-state index contributed by atoms with van der Waals surface area (Å²) in [6.45, 7) is 7.24. The molecule has 2 saturated heterocycles. The molecule has 0 bridgehead atoms. The van der Waals surface area contributed by atoms with Crippen molar-refractivity contribution in [2.24, 2.45) is 0 Å². The van der Waals surface area contributed by atoms with Gasteiger partial charge in [0.05, 0.1) is 13.2 Å². The van der Waals surface area contributed by atoms with Gasteiger partial charge >= 0.3 is 0 Å². The van der Waals surface area contributed by atoms with Gasteiger partial charge in [-0.1, -0.05) is 0 Å². The Morgan fingerprint density at radius 1 is 0.917 bits per heavy atom. The van der Waals surface area contributed by atoms with Crippen LogP contribution in [0.15, 0.2) is 0 Å². The highest BCUT2D eigenvalue weighted by molar-refractivity contribution is 4.97. The van der Waals surface area contributed by atoms with Gasteiger partial charge in [0.15, 0.2) is 11.4 Å². The zero-order chi connectivity index (χ0) is 8.66. The van der Waals surface area contributed by atoms with E-state index in [1.165, 1.54) is 0 Å². The van der Waals surface area contributed by atoms with Crippen molar-refractivity contribution in [1.29, 1.82) is 0 Å². The third kappa shape index (κ3) is 1.07. The number of rotatable bonds is 0. The van der Waals surface area contributed by atoms with Crippen LogP contribution in [-0.4, -0.2) is 37.8 Å². The van der Waals surface area contributed by atoms with Crippen molar-refractivity contribution in [1.82, 2.24) is 10.6 Å². The SMILES string of the molecule is C[C@]12NCCO[C@@]1(C)NCCO2. The van der Waals surface area contributed by atoms with Crippen LogP contribution < -0.4 is 10.6 Å². The number of morpholine rings is 2. The molecular formula is C8H16N2O2. The van der Waals surface area contributed by atoms with Crippen LogP contribution >= 0.6 is 0 Å². The number of hydrogen-bond donors (Lipinski definition) is 2. The van der Waals surface area contributed by atoms with E-state index in [1.54, 1.807) is 0 Å². The highest BCUT2D eigenvalue weighted by Crippen LogP contribution is 2.29. The van der Waals surface area contributed by atoms with E-state index in [2.05, 4.69) is 10.6 Å². The Hall–Kier alpha value is -0.160. The number of fused-ring (bicyclic) bond motifs is 1. The summed E-state index contributed by atoms with van der Waals surface area (Å²) in [4.78, 5) is 0. The normalized spacial score (nSPS) is 48.5. The van der Waals surface area contributed by atoms with E-state index in [9.17, 15) is 0 Å². The average Bonchev–Trinajstić information content (AvgIpc) is 2.05. The first kappa shape index (κ1) is 8.44. The third-order valence-corrected chi connectivity index (χ3v) is 2.82. The van der Waals surface area contributed by atoms with Crippen LogP contribution in [0.5, 0.6) is 0 Å². The van der Waals surface area contributed by atoms with Gasteiger partial charge < -0.3 is 9.47 Å². The quantitative estimate of drug-likeness (QED) is 0.524. The van der Waals surface area contributed by atoms with Crippen molar-refractivity contribution in [2.45, 2.75) is 25.3 Å². The Morgan fingerprint density at radius 3 is 1.75 bits per heavy atom. The summed E-state index contributed by atoms with van der Waals surface area (Å²) >= 11 is 0. The molecule has 0 aromatic carbocycles. The molecule has 4 nitrogen and oxygen atoms in total. The van der Waals surface area contributed by atoms with Crippen LogP contribution in [0.3, 0.4) is 0 Å². The van der Waals surface area contributed by atoms with Gasteiger partial charge in [0.2, 0.25) is 0 Å². The first-order chi connectivity index (χ1) is 5.66. The Balaban J connectivity index is 2.20. The molecule has 0 spiro atoms. The second-order valence-electron chi connectivity index (χ2n) is 3.62. The summed E-state index contributed by atoms with van der Waals surface area (Å²) in [5.74, 6) is 0. The number of nitrogens with one attached hydrogen (secondary N) is 2. The summed E-state index contributed by atoms with van der Waals surface area (Å²) in [7, 11) is 0. The van der Waals surface area contributed by atoms with Crippen molar-refractivity contribution < 1.29 is 9.47 Å². The van der Waals surface area contributed by atoms with E-state index in [0.29, 0.717) is 0 Å². The molecule has 2 N–H and O–H groups in total. The van der Waals surface area contributed by atoms with E-state index >= 15 is 0 Å². The molecule has 0 amide bonds. The summed E-state index contributed by atoms with van der Waals surface area (Å²) in [6, 6.07) is 0. The summed E-state index contributed by atoms with van der Waals surface area (Å²) in [5.41, 5.74) is -0.743. The van der Waals surface area contributed by atoms with E-state index in [4.69, 9.17) is 9.47 Å². The van der Waals surface area contributed by atoms with E-state index in [0.717, 1.165) is 26.3 Å². The topological polar surface area (TPSA) is 42.5 Å². The largest absolute Gasteiger partial charge is 0.355 e. The molecule has 2 fully saturated rings. The lowest BCUT2D eigenvalue weighted by molar-refractivity contribution is -0.266. The Morgan fingerprint density at radius 2 is 1.33 bits per heavy atom. The summed E-state index contributed by atoms with van der Waals surface area (Å²) < 4.78 is 11.3. The monoisotopic (exact) mass is 172 g/mol. The van der Waals surface area contributed by atoms with E-state index in [1.807, 2.05) is 13.8 Å². The third-order valence-electron chi connectivity index (χ3n) is 2.82. The molecule has 4 heteroatoms. The van der Waals surface area contributed by atoms with Gasteiger partial charge in [-0.25, -0.2) is 0 Å². The van der Waals surface area contributed by atoms with E-state index < -0.39 is 0 Å². The first-order valence-corrected chi connectivity index (χ1v) is 4.44. The average molecular weight is 172 g/mol. The molecular weight excluding hydrogens is 156 g/mol. The lowest BCUT2D eigenvalue weighted by Gasteiger charge is -2.52. The second-order valence-corrected chi connectivity index (χ2v) is 3.62. The fourth-order valence-corrected chi connectivity index (χ4v) is 1.80. The second kappa shape index (κ2) is 2.67. The van der Waals surface area contributed by atoms with E-state index in [-0.39, 0.29) is 11.4 Å². The summed E-state index contributed by atoms with van der Waals surface area (Å²) in [5, 5.41) is 6.66. The molecule has 0 aliphatic carbocycles. The minimum absolute atomic E-state index is 0.372. The van der Waals surface area contributed by atoms with Crippen molar-refractivity contribution in [3.05, 3.63) is 0 Å². The van der Waals surface area contributed by atoms with Crippen LogP contribution in [0.2, 0.25) is 0 Å². The lowest BCUT2D eigenvalue weighted by Crippen LogP contribution is -2.75. The lowest BCUT2D eigenvalue weighted by atomic mass is 9.99. The smallest absolute Gasteiger partial charge is 0.159 e. The zero-order valence-corrected chi connectivity index (χ0v) is 7.64. The van der Waals surface area contributed by atoms with Gasteiger partial charge in [0, 0.05) is 13.1 Å².